The molecule has 88 valence electrons. The Balaban J connectivity index is 2.65. The maximum absolute atomic E-state index is 9.81. The van der Waals surface area contributed by atoms with Crippen LogP contribution in [0.5, 0.6) is 5.75 Å². The third kappa shape index (κ3) is 2.48. The van der Waals surface area contributed by atoms with Gasteiger partial charge in [-0.1, -0.05) is 52.5 Å². The van der Waals surface area contributed by atoms with Crippen molar-refractivity contribution in [2.75, 3.05) is 0 Å². The van der Waals surface area contributed by atoms with Crippen LogP contribution in [0.3, 0.4) is 0 Å². The third-order valence-electron chi connectivity index (χ3n) is 2.29. The minimum Gasteiger partial charge on any atom is -0.507 e. The molecule has 0 atom stereocenters. The van der Waals surface area contributed by atoms with Crippen LogP contribution in [0.2, 0.25) is 20.1 Å². The van der Waals surface area contributed by atoms with E-state index in [9.17, 15) is 5.11 Å². The van der Waals surface area contributed by atoms with Crippen molar-refractivity contribution in [3.8, 4) is 16.9 Å². The molecule has 0 unspecified atom stereocenters. The molecule has 0 heterocycles. The fourth-order valence-electron chi connectivity index (χ4n) is 1.47. The molecule has 0 bridgehead atoms. The largest absolute Gasteiger partial charge is 0.507 e. The lowest BCUT2D eigenvalue weighted by molar-refractivity contribution is 0.477. The van der Waals surface area contributed by atoms with Gasteiger partial charge in [-0.25, -0.2) is 0 Å². The van der Waals surface area contributed by atoms with Crippen LogP contribution in [0.4, 0.5) is 0 Å². The van der Waals surface area contributed by atoms with E-state index >= 15 is 0 Å². The van der Waals surface area contributed by atoms with Gasteiger partial charge in [-0.2, -0.15) is 0 Å². The molecule has 0 fully saturated rings. The molecule has 0 saturated heterocycles. The molecule has 2 aromatic rings. The zero-order valence-corrected chi connectivity index (χ0v) is 11.4. The Hall–Kier alpha value is -0.600. The second-order valence-corrected chi connectivity index (χ2v) is 4.98. The van der Waals surface area contributed by atoms with Crippen molar-refractivity contribution < 1.29 is 5.11 Å². The Kier molecular flexibility index (Phi) is 3.74. The van der Waals surface area contributed by atoms with Gasteiger partial charge >= 0.3 is 0 Å². The van der Waals surface area contributed by atoms with Crippen molar-refractivity contribution in [3.63, 3.8) is 0 Å². The van der Waals surface area contributed by atoms with E-state index in [0.717, 1.165) is 0 Å². The Labute approximate surface area is 118 Å². The lowest BCUT2D eigenvalue weighted by Crippen LogP contribution is -1.83. The average molecular weight is 308 g/mol. The Morgan fingerprint density at radius 2 is 1.41 bits per heavy atom. The molecule has 0 aliphatic rings. The molecule has 1 N–H and O–H groups in total. The van der Waals surface area contributed by atoms with Crippen LogP contribution < -0.4 is 0 Å². The van der Waals surface area contributed by atoms with Gasteiger partial charge in [-0.15, -0.1) is 0 Å². The summed E-state index contributed by atoms with van der Waals surface area (Å²) in [5.74, 6) is 0.0396. The highest BCUT2D eigenvalue weighted by Crippen LogP contribution is 2.41. The monoisotopic (exact) mass is 306 g/mol. The number of benzene rings is 2. The normalized spacial score (nSPS) is 10.6. The summed E-state index contributed by atoms with van der Waals surface area (Å²) in [6, 6.07) is 8.09. The summed E-state index contributed by atoms with van der Waals surface area (Å²) >= 11 is 23.6. The van der Waals surface area contributed by atoms with Crippen molar-refractivity contribution >= 4 is 46.4 Å². The first kappa shape index (κ1) is 12.8. The first-order chi connectivity index (χ1) is 8.00. The van der Waals surface area contributed by atoms with Gasteiger partial charge in [-0.05, 0) is 24.3 Å². The SMILES string of the molecule is Oc1cc(Cl)ccc1-c1ccc(Cl)c(Cl)c1Cl. The highest BCUT2D eigenvalue weighted by molar-refractivity contribution is 6.49. The molecule has 0 radical (unpaired) electrons. The highest BCUT2D eigenvalue weighted by atomic mass is 35.5. The summed E-state index contributed by atoms with van der Waals surface area (Å²) in [6.45, 7) is 0. The van der Waals surface area contributed by atoms with Crippen LogP contribution in [0.15, 0.2) is 30.3 Å². The van der Waals surface area contributed by atoms with Gasteiger partial charge in [0.05, 0.1) is 15.1 Å². The quantitative estimate of drug-likeness (QED) is 0.673. The molecule has 0 aliphatic carbocycles. The van der Waals surface area contributed by atoms with Gasteiger partial charge in [0, 0.05) is 16.1 Å². The van der Waals surface area contributed by atoms with Gasteiger partial charge in [0.15, 0.2) is 0 Å². The van der Waals surface area contributed by atoms with Gasteiger partial charge in [0.2, 0.25) is 0 Å². The van der Waals surface area contributed by atoms with Gasteiger partial charge in [0.1, 0.15) is 5.75 Å². The fourth-order valence-corrected chi connectivity index (χ4v) is 2.27. The molecule has 17 heavy (non-hydrogen) atoms. The minimum atomic E-state index is 0.0396. The summed E-state index contributed by atoms with van der Waals surface area (Å²) in [5.41, 5.74) is 1.16. The highest BCUT2D eigenvalue weighted by Gasteiger charge is 2.13. The maximum atomic E-state index is 9.81. The van der Waals surface area contributed by atoms with Gasteiger partial charge in [0.25, 0.3) is 0 Å². The van der Waals surface area contributed by atoms with Crippen LogP contribution >= 0.6 is 46.4 Å². The topological polar surface area (TPSA) is 20.2 Å². The summed E-state index contributed by atoms with van der Waals surface area (Å²) in [4.78, 5) is 0. The molecule has 2 aromatic carbocycles. The van der Waals surface area contributed by atoms with Crippen LogP contribution in [-0.4, -0.2) is 5.11 Å². The van der Waals surface area contributed by atoms with Gasteiger partial charge in [-0.3, -0.25) is 0 Å². The number of phenolic OH excluding ortho intramolecular Hbond substituents is 1. The van der Waals surface area contributed by atoms with E-state index in [2.05, 4.69) is 0 Å². The average Bonchev–Trinajstić information content (AvgIpc) is 2.28. The standard InChI is InChI=1S/C12H6Cl4O/c13-6-1-2-7(10(17)5-6)8-3-4-9(14)12(16)11(8)15/h1-5,17H. The Morgan fingerprint density at radius 3 is 2.06 bits per heavy atom. The van der Waals surface area contributed by atoms with Crippen LogP contribution in [0, 0.1) is 0 Å². The van der Waals surface area contributed by atoms with Crippen molar-refractivity contribution in [1.82, 2.24) is 0 Å². The molecule has 5 heteroatoms. The first-order valence-electron chi connectivity index (χ1n) is 4.63. The van der Waals surface area contributed by atoms with E-state index in [0.29, 0.717) is 26.2 Å². The molecule has 2 rings (SSSR count). The van der Waals surface area contributed by atoms with Crippen LogP contribution in [0.1, 0.15) is 0 Å². The number of phenols is 1. The van der Waals surface area contributed by atoms with Gasteiger partial charge < -0.3 is 5.11 Å². The van der Waals surface area contributed by atoms with E-state index in [4.69, 9.17) is 46.4 Å². The zero-order valence-electron chi connectivity index (χ0n) is 8.35. The number of halogens is 4. The predicted molar refractivity (Wildman–Crippen MR) is 73.6 cm³/mol. The van der Waals surface area contributed by atoms with E-state index in [1.807, 2.05) is 0 Å². The van der Waals surface area contributed by atoms with Crippen molar-refractivity contribution in [2.24, 2.45) is 0 Å². The van der Waals surface area contributed by atoms with E-state index in [-0.39, 0.29) is 10.8 Å². The van der Waals surface area contributed by atoms with E-state index < -0.39 is 0 Å². The number of rotatable bonds is 1. The summed E-state index contributed by atoms with van der Waals surface area (Å²) in [7, 11) is 0. The molecule has 0 amide bonds. The molecular formula is C12H6Cl4O. The molecule has 0 aromatic heterocycles. The van der Waals surface area contributed by atoms with Crippen molar-refractivity contribution in [2.45, 2.75) is 0 Å². The molecule has 1 nitrogen and oxygen atoms in total. The number of hydrogen-bond donors (Lipinski definition) is 1. The molecule has 0 aliphatic heterocycles. The zero-order chi connectivity index (χ0) is 12.6. The lowest BCUT2D eigenvalue weighted by atomic mass is 10.0. The van der Waals surface area contributed by atoms with Crippen LogP contribution in [-0.2, 0) is 0 Å². The molecular weight excluding hydrogens is 302 g/mol. The molecule has 0 saturated carbocycles. The second kappa shape index (κ2) is 4.95. The molecule has 0 spiro atoms. The maximum Gasteiger partial charge on any atom is 0.124 e. The summed E-state index contributed by atoms with van der Waals surface area (Å²) in [5, 5.41) is 11.2. The van der Waals surface area contributed by atoms with E-state index in [1.54, 1.807) is 24.3 Å². The third-order valence-corrected chi connectivity index (χ3v) is 3.81. The predicted octanol–water partition coefficient (Wildman–Crippen LogP) is 5.67. The van der Waals surface area contributed by atoms with Crippen LogP contribution in [0.25, 0.3) is 11.1 Å². The summed E-state index contributed by atoms with van der Waals surface area (Å²) in [6.07, 6.45) is 0. The fraction of sp³-hybridized carbons (Fsp3) is 0. The number of hydrogen-bond acceptors (Lipinski definition) is 1. The van der Waals surface area contributed by atoms with E-state index in [1.165, 1.54) is 6.07 Å². The second-order valence-electron chi connectivity index (χ2n) is 3.38. The Morgan fingerprint density at radius 1 is 0.765 bits per heavy atom. The minimum absolute atomic E-state index is 0.0396. The lowest BCUT2D eigenvalue weighted by Gasteiger charge is -2.09. The summed E-state index contributed by atoms with van der Waals surface area (Å²) < 4.78 is 0. The first-order valence-corrected chi connectivity index (χ1v) is 6.14. The van der Waals surface area contributed by atoms with Crippen molar-refractivity contribution in [3.05, 3.63) is 50.4 Å². The smallest absolute Gasteiger partial charge is 0.124 e. The van der Waals surface area contributed by atoms with Crippen molar-refractivity contribution in [1.29, 1.82) is 0 Å². The Bertz CT molecular complexity index is 581. The number of aromatic hydroxyl groups is 1.